The molecule has 3 atom stereocenters. The van der Waals surface area contributed by atoms with Crippen molar-refractivity contribution in [2.45, 2.75) is 50.9 Å². The number of piperidine rings is 1. The summed E-state index contributed by atoms with van der Waals surface area (Å²) in [5.41, 5.74) is 11.2. The molecule has 0 spiro atoms. The minimum Gasteiger partial charge on any atom is -0.494 e. The molecule has 2 unspecified atom stereocenters. The Balaban J connectivity index is 1.19. The van der Waals surface area contributed by atoms with Gasteiger partial charge in [0.05, 0.1) is 37.3 Å². The highest BCUT2D eigenvalue weighted by atomic mass is 19.1. The molecule has 1 saturated heterocycles. The fraction of sp³-hybridized carbons (Fsp3) is 0.343. The van der Waals surface area contributed by atoms with E-state index < -0.39 is 5.82 Å². The van der Waals surface area contributed by atoms with E-state index in [0.717, 1.165) is 53.0 Å². The SMILES string of the molecule is COc1cc(C(=O)N2CC3CCC2[C@@H]3N)cc2nc(-c3cc4cccnc4n3CC3CC3)n(Cc3cnn(-c4ccc(F)cn4)c3)c12. The average molecular weight is 632 g/mol. The number of imidazole rings is 1. The number of ether oxygens (including phenoxy) is 1. The second kappa shape index (κ2) is 10.7. The van der Waals surface area contributed by atoms with Crippen molar-refractivity contribution in [2.24, 2.45) is 17.6 Å². The van der Waals surface area contributed by atoms with E-state index >= 15 is 0 Å². The minimum absolute atomic E-state index is 0.0309. The van der Waals surface area contributed by atoms with Crippen molar-refractivity contribution in [1.29, 1.82) is 0 Å². The Kier molecular flexibility index (Phi) is 6.43. The summed E-state index contributed by atoms with van der Waals surface area (Å²) in [4.78, 5) is 30.0. The number of hydrogen-bond acceptors (Lipinski definition) is 7. The molecule has 2 bridgehead atoms. The molecule has 9 rings (SSSR count). The van der Waals surface area contributed by atoms with Gasteiger partial charge in [-0.15, -0.1) is 0 Å². The summed E-state index contributed by atoms with van der Waals surface area (Å²) in [6.45, 7) is 1.96. The molecule has 0 radical (unpaired) electrons. The van der Waals surface area contributed by atoms with Gasteiger partial charge in [-0.05, 0) is 80.0 Å². The maximum absolute atomic E-state index is 13.9. The summed E-state index contributed by atoms with van der Waals surface area (Å²) in [5.74, 6) is 2.34. The van der Waals surface area contributed by atoms with E-state index in [1.165, 1.54) is 25.1 Å². The van der Waals surface area contributed by atoms with Crippen molar-refractivity contribution >= 4 is 28.0 Å². The van der Waals surface area contributed by atoms with Gasteiger partial charge in [-0.3, -0.25) is 4.79 Å². The van der Waals surface area contributed by atoms with E-state index in [9.17, 15) is 9.18 Å². The van der Waals surface area contributed by atoms with Crippen molar-refractivity contribution in [3.05, 3.63) is 84.2 Å². The van der Waals surface area contributed by atoms with Crippen molar-refractivity contribution in [3.63, 3.8) is 0 Å². The monoisotopic (exact) mass is 631 g/mol. The summed E-state index contributed by atoms with van der Waals surface area (Å²) < 4.78 is 25.6. The Bertz CT molecular complexity index is 2160. The van der Waals surface area contributed by atoms with Gasteiger partial charge in [0.2, 0.25) is 0 Å². The quantitative estimate of drug-likeness (QED) is 0.256. The fourth-order valence-electron chi connectivity index (χ4n) is 7.58. The first-order valence-corrected chi connectivity index (χ1v) is 16.2. The van der Waals surface area contributed by atoms with Gasteiger partial charge < -0.3 is 24.5 Å². The van der Waals surface area contributed by atoms with Crippen LogP contribution in [0.4, 0.5) is 4.39 Å². The summed E-state index contributed by atoms with van der Waals surface area (Å²) in [6.07, 6.45) is 11.1. The van der Waals surface area contributed by atoms with E-state index in [1.54, 1.807) is 24.1 Å². The Morgan fingerprint density at radius 3 is 2.70 bits per heavy atom. The molecule has 5 aromatic heterocycles. The predicted octanol–water partition coefficient (Wildman–Crippen LogP) is 4.80. The number of nitrogens with two attached hydrogens (primary N) is 1. The molecule has 1 aromatic carbocycles. The Morgan fingerprint density at radius 2 is 1.96 bits per heavy atom. The van der Waals surface area contributed by atoms with Gasteiger partial charge in [-0.1, -0.05) is 0 Å². The molecule has 238 valence electrons. The van der Waals surface area contributed by atoms with Crippen LogP contribution in [0.2, 0.25) is 0 Å². The standard InChI is InChI=1S/C35H34FN9O2/c1-47-29-13-24(35(46)43-19-23-6-8-27(43)31(23)37)11-26-32(29)44(17-21-14-40-45(18-21)30-9-7-25(36)15-39-30)34(41-26)28-12-22-3-2-10-38-33(22)42(28)16-20-4-5-20/h2-3,7,9-15,18,20,23,27,31H,4-6,8,16-17,19,37H2,1H3/t23?,27?,31-/m1/s1. The summed E-state index contributed by atoms with van der Waals surface area (Å²) in [7, 11) is 1.63. The number of rotatable bonds is 8. The molecular formula is C35H34FN9O2. The van der Waals surface area contributed by atoms with Gasteiger partial charge in [0.1, 0.15) is 22.7 Å². The normalized spacial score (nSPS) is 20.6. The highest BCUT2D eigenvalue weighted by molar-refractivity contribution is 6.00. The number of carbonyl (C=O) groups is 1. The third-order valence-electron chi connectivity index (χ3n) is 10.1. The van der Waals surface area contributed by atoms with E-state index in [-0.39, 0.29) is 18.0 Å². The lowest BCUT2D eigenvalue weighted by Crippen LogP contribution is -2.41. The molecule has 12 heteroatoms. The van der Waals surface area contributed by atoms with Crippen LogP contribution in [0.1, 0.15) is 41.6 Å². The van der Waals surface area contributed by atoms with Crippen LogP contribution in [-0.4, -0.2) is 70.4 Å². The molecule has 2 aliphatic carbocycles. The molecule has 47 heavy (non-hydrogen) atoms. The lowest BCUT2D eigenvalue weighted by Gasteiger charge is -2.27. The smallest absolute Gasteiger partial charge is 0.254 e. The van der Waals surface area contributed by atoms with Gasteiger partial charge in [-0.2, -0.15) is 5.10 Å². The third-order valence-corrected chi connectivity index (χ3v) is 10.1. The summed E-state index contributed by atoms with van der Waals surface area (Å²) >= 11 is 0. The van der Waals surface area contributed by atoms with E-state index in [1.807, 2.05) is 35.5 Å². The number of methoxy groups -OCH3 is 1. The summed E-state index contributed by atoms with van der Waals surface area (Å²) in [6, 6.07) is 12.9. The number of amides is 1. The van der Waals surface area contributed by atoms with Gasteiger partial charge in [0, 0.05) is 54.1 Å². The topological polar surface area (TPSA) is 122 Å². The number of aromatic nitrogens is 7. The van der Waals surface area contributed by atoms with E-state index in [0.29, 0.717) is 47.6 Å². The van der Waals surface area contributed by atoms with Crippen LogP contribution in [0, 0.1) is 17.7 Å². The number of carbonyl (C=O) groups excluding carboxylic acids is 1. The Hall–Kier alpha value is -5.10. The number of pyridine rings is 2. The van der Waals surface area contributed by atoms with E-state index in [4.69, 9.17) is 20.4 Å². The number of halogens is 1. The zero-order chi connectivity index (χ0) is 31.8. The molecule has 1 aliphatic heterocycles. The summed E-state index contributed by atoms with van der Waals surface area (Å²) in [5, 5.41) is 5.56. The molecule has 1 amide bonds. The van der Waals surface area contributed by atoms with Crippen molar-refractivity contribution in [2.75, 3.05) is 13.7 Å². The first-order valence-electron chi connectivity index (χ1n) is 16.2. The minimum atomic E-state index is -0.406. The maximum atomic E-state index is 13.9. The number of nitrogens with zero attached hydrogens (tertiary/aromatic N) is 8. The highest BCUT2D eigenvalue weighted by Crippen LogP contribution is 2.40. The van der Waals surface area contributed by atoms with Crippen molar-refractivity contribution in [3.8, 4) is 23.1 Å². The number of hydrogen-bond donors (Lipinski definition) is 1. The molecule has 6 aromatic rings. The molecule has 11 nitrogen and oxygen atoms in total. The highest BCUT2D eigenvalue weighted by Gasteiger charge is 2.47. The van der Waals surface area contributed by atoms with Crippen LogP contribution in [-0.2, 0) is 13.1 Å². The molecule has 3 aliphatic rings. The van der Waals surface area contributed by atoms with Crippen LogP contribution < -0.4 is 10.5 Å². The van der Waals surface area contributed by atoms with Gasteiger partial charge in [0.25, 0.3) is 5.91 Å². The second-order valence-electron chi connectivity index (χ2n) is 13.1. The Morgan fingerprint density at radius 1 is 1.06 bits per heavy atom. The number of fused-ring (bicyclic) bond motifs is 4. The van der Waals surface area contributed by atoms with Gasteiger partial charge >= 0.3 is 0 Å². The predicted molar refractivity (Wildman–Crippen MR) is 174 cm³/mol. The van der Waals surface area contributed by atoms with Crippen molar-refractivity contribution in [1.82, 2.24) is 38.8 Å². The van der Waals surface area contributed by atoms with Gasteiger partial charge in [-0.25, -0.2) is 24.0 Å². The van der Waals surface area contributed by atoms with Crippen LogP contribution in [0.25, 0.3) is 39.4 Å². The number of benzene rings is 1. The average Bonchev–Trinajstić information content (AvgIpc) is 3.39. The zero-order valence-corrected chi connectivity index (χ0v) is 26.0. The molecule has 2 saturated carbocycles. The van der Waals surface area contributed by atoms with Crippen LogP contribution >= 0.6 is 0 Å². The zero-order valence-electron chi connectivity index (χ0n) is 26.0. The van der Waals surface area contributed by atoms with Crippen LogP contribution in [0.5, 0.6) is 5.75 Å². The molecular weight excluding hydrogens is 597 g/mol. The van der Waals surface area contributed by atoms with Crippen LogP contribution in [0.15, 0.2) is 67.3 Å². The van der Waals surface area contributed by atoms with Crippen LogP contribution in [0.3, 0.4) is 0 Å². The maximum Gasteiger partial charge on any atom is 0.254 e. The first-order chi connectivity index (χ1) is 22.9. The van der Waals surface area contributed by atoms with Crippen molar-refractivity contribution < 1.29 is 13.9 Å². The fourth-order valence-corrected chi connectivity index (χ4v) is 7.58. The lowest BCUT2D eigenvalue weighted by molar-refractivity contribution is 0.0700. The molecule has 2 N–H and O–H groups in total. The first kappa shape index (κ1) is 28.1. The van der Waals surface area contributed by atoms with Gasteiger partial charge in [0.15, 0.2) is 11.6 Å². The second-order valence-corrected chi connectivity index (χ2v) is 13.1. The third kappa shape index (κ3) is 4.69. The van der Waals surface area contributed by atoms with E-state index in [2.05, 4.69) is 31.3 Å². The lowest BCUT2D eigenvalue weighted by atomic mass is 10.1. The largest absolute Gasteiger partial charge is 0.494 e. The number of likely N-dealkylation sites (tertiary alicyclic amines) is 1. The molecule has 6 heterocycles. The Labute approximate surface area is 269 Å². The molecule has 3 fully saturated rings.